The van der Waals surface area contributed by atoms with E-state index in [4.69, 9.17) is 11.6 Å². The van der Waals surface area contributed by atoms with Crippen LogP contribution < -0.4 is 4.90 Å². The molecule has 8 heteroatoms. The molecule has 1 aromatic carbocycles. The van der Waals surface area contributed by atoms with Crippen LogP contribution in [0.5, 0.6) is 0 Å². The molecule has 1 aromatic heterocycles. The Bertz CT molecular complexity index is 755. The van der Waals surface area contributed by atoms with Gasteiger partial charge in [-0.05, 0) is 38.1 Å². The summed E-state index contributed by atoms with van der Waals surface area (Å²) in [5, 5.41) is 9.81. The predicted molar refractivity (Wildman–Crippen MR) is 105 cm³/mol. The molecule has 140 valence electrons. The lowest BCUT2D eigenvalue weighted by Crippen LogP contribution is -3.14. The van der Waals surface area contributed by atoms with Crippen molar-refractivity contribution in [2.24, 2.45) is 7.05 Å². The SMILES string of the molecule is CC[NH+]1CCN(C(=O)[C@H](C)Sc2nnc(-c3ccc(Cl)cc3)n2C)CC1. The molecule has 0 saturated carbocycles. The van der Waals surface area contributed by atoms with Crippen LogP contribution >= 0.6 is 23.4 Å². The van der Waals surface area contributed by atoms with Gasteiger partial charge in [0.15, 0.2) is 11.0 Å². The van der Waals surface area contributed by atoms with E-state index in [1.54, 1.807) is 4.90 Å². The highest BCUT2D eigenvalue weighted by molar-refractivity contribution is 8.00. The van der Waals surface area contributed by atoms with Gasteiger partial charge in [0.25, 0.3) is 0 Å². The first kappa shape index (κ1) is 19.2. The molecule has 1 saturated heterocycles. The summed E-state index contributed by atoms with van der Waals surface area (Å²) in [5.74, 6) is 0.949. The van der Waals surface area contributed by atoms with Crippen molar-refractivity contribution in [3.05, 3.63) is 29.3 Å². The van der Waals surface area contributed by atoms with Gasteiger partial charge in [0.2, 0.25) is 5.91 Å². The molecule has 1 aliphatic heterocycles. The van der Waals surface area contributed by atoms with Gasteiger partial charge in [0, 0.05) is 17.6 Å². The molecule has 0 unspecified atom stereocenters. The molecule has 6 nitrogen and oxygen atoms in total. The van der Waals surface area contributed by atoms with Crippen molar-refractivity contribution in [1.82, 2.24) is 19.7 Å². The van der Waals surface area contributed by atoms with E-state index in [0.717, 1.165) is 49.3 Å². The summed E-state index contributed by atoms with van der Waals surface area (Å²) in [6, 6.07) is 7.51. The number of likely N-dealkylation sites (N-methyl/N-ethyl adjacent to an activating group) is 1. The Labute approximate surface area is 163 Å². The number of thioether (sulfide) groups is 1. The van der Waals surface area contributed by atoms with E-state index in [1.165, 1.54) is 11.8 Å². The minimum Gasteiger partial charge on any atom is -0.332 e. The number of carbonyl (C=O) groups is 1. The zero-order valence-electron chi connectivity index (χ0n) is 15.4. The molecule has 1 atom stereocenters. The Kier molecular flexibility index (Phi) is 6.21. The Balaban J connectivity index is 1.65. The number of rotatable bonds is 5. The molecule has 3 rings (SSSR count). The summed E-state index contributed by atoms with van der Waals surface area (Å²) in [4.78, 5) is 16.3. The summed E-state index contributed by atoms with van der Waals surface area (Å²) in [7, 11) is 1.92. The first-order chi connectivity index (χ1) is 12.5. The number of amides is 1. The van der Waals surface area contributed by atoms with E-state index in [0.29, 0.717) is 5.02 Å². The van der Waals surface area contributed by atoms with Crippen LogP contribution in [0.3, 0.4) is 0 Å². The summed E-state index contributed by atoms with van der Waals surface area (Å²) in [6.07, 6.45) is 0. The van der Waals surface area contributed by atoms with Crippen LogP contribution in [-0.2, 0) is 11.8 Å². The fourth-order valence-corrected chi connectivity index (χ4v) is 4.16. The van der Waals surface area contributed by atoms with Crippen molar-refractivity contribution in [3.8, 4) is 11.4 Å². The highest BCUT2D eigenvalue weighted by Crippen LogP contribution is 2.27. The summed E-state index contributed by atoms with van der Waals surface area (Å²) in [5.41, 5.74) is 0.953. The molecule has 1 aliphatic rings. The number of piperazine rings is 1. The fourth-order valence-electron chi connectivity index (χ4n) is 3.13. The smallest absolute Gasteiger partial charge is 0.236 e. The van der Waals surface area contributed by atoms with Crippen LogP contribution in [0.15, 0.2) is 29.4 Å². The largest absolute Gasteiger partial charge is 0.332 e. The predicted octanol–water partition coefficient (Wildman–Crippen LogP) is 1.36. The Morgan fingerprint density at radius 1 is 1.27 bits per heavy atom. The van der Waals surface area contributed by atoms with Gasteiger partial charge in [-0.25, -0.2) is 0 Å². The van der Waals surface area contributed by atoms with E-state index in [9.17, 15) is 4.79 Å². The molecule has 0 bridgehead atoms. The first-order valence-electron chi connectivity index (χ1n) is 8.94. The normalized spacial score (nSPS) is 16.7. The number of nitrogens with zero attached hydrogens (tertiary/aromatic N) is 4. The van der Waals surface area contributed by atoms with Gasteiger partial charge in [0.1, 0.15) is 0 Å². The third kappa shape index (κ3) is 4.22. The molecular weight excluding hydrogens is 370 g/mol. The lowest BCUT2D eigenvalue weighted by atomic mass is 10.2. The molecule has 1 amide bonds. The van der Waals surface area contributed by atoms with E-state index in [2.05, 4.69) is 17.1 Å². The molecule has 2 aromatic rings. The number of carbonyl (C=O) groups excluding carboxylic acids is 1. The maximum atomic E-state index is 12.7. The van der Waals surface area contributed by atoms with Crippen molar-refractivity contribution >= 4 is 29.3 Å². The lowest BCUT2D eigenvalue weighted by Gasteiger charge is -2.32. The number of benzene rings is 1. The number of hydrogen-bond donors (Lipinski definition) is 1. The van der Waals surface area contributed by atoms with Gasteiger partial charge in [-0.15, -0.1) is 10.2 Å². The summed E-state index contributed by atoms with van der Waals surface area (Å²) >= 11 is 7.41. The third-order valence-corrected chi connectivity index (χ3v) is 6.22. The monoisotopic (exact) mass is 394 g/mol. The lowest BCUT2D eigenvalue weighted by molar-refractivity contribution is -0.902. The van der Waals surface area contributed by atoms with Crippen molar-refractivity contribution in [2.75, 3.05) is 32.7 Å². The second-order valence-corrected chi connectivity index (χ2v) is 8.31. The first-order valence-corrected chi connectivity index (χ1v) is 10.2. The fraction of sp³-hybridized carbons (Fsp3) is 0.500. The molecule has 0 aliphatic carbocycles. The molecule has 2 heterocycles. The van der Waals surface area contributed by atoms with Gasteiger partial charge in [-0.1, -0.05) is 23.4 Å². The van der Waals surface area contributed by atoms with E-state index >= 15 is 0 Å². The highest BCUT2D eigenvalue weighted by Gasteiger charge is 2.28. The van der Waals surface area contributed by atoms with Crippen LogP contribution in [0.2, 0.25) is 5.02 Å². The maximum absolute atomic E-state index is 12.7. The topological polar surface area (TPSA) is 55.5 Å². The second kappa shape index (κ2) is 8.41. The molecule has 0 spiro atoms. The number of quaternary nitrogens is 1. The van der Waals surface area contributed by atoms with Crippen LogP contribution in [-0.4, -0.2) is 63.5 Å². The number of halogens is 1. The minimum absolute atomic E-state index is 0.181. The Morgan fingerprint density at radius 3 is 2.54 bits per heavy atom. The summed E-state index contributed by atoms with van der Waals surface area (Å²) < 4.78 is 1.93. The number of aromatic nitrogens is 3. The van der Waals surface area contributed by atoms with Gasteiger partial charge in [-0.3, -0.25) is 4.79 Å². The average molecular weight is 395 g/mol. The number of nitrogens with one attached hydrogen (secondary N) is 1. The van der Waals surface area contributed by atoms with Crippen LogP contribution in [0.25, 0.3) is 11.4 Å². The second-order valence-electron chi connectivity index (χ2n) is 6.56. The zero-order valence-corrected chi connectivity index (χ0v) is 17.0. The van der Waals surface area contributed by atoms with Gasteiger partial charge >= 0.3 is 0 Å². The number of hydrogen-bond acceptors (Lipinski definition) is 4. The van der Waals surface area contributed by atoms with Crippen LogP contribution in [0.1, 0.15) is 13.8 Å². The molecule has 1 fully saturated rings. The van der Waals surface area contributed by atoms with E-state index in [1.807, 2.05) is 47.7 Å². The van der Waals surface area contributed by atoms with Gasteiger partial charge in [0.05, 0.1) is 38.0 Å². The standard InChI is InChI=1S/C18H24ClN5OS/c1-4-23-9-11-24(12-10-23)17(25)13(2)26-18-21-20-16(22(18)3)14-5-7-15(19)8-6-14/h5-8,13H,4,9-12H2,1-3H3/p+1/t13-/m0/s1. The van der Waals surface area contributed by atoms with E-state index in [-0.39, 0.29) is 11.2 Å². The molecule has 26 heavy (non-hydrogen) atoms. The molecule has 1 N–H and O–H groups in total. The van der Waals surface area contributed by atoms with Crippen molar-refractivity contribution < 1.29 is 9.69 Å². The molecule has 0 radical (unpaired) electrons. The van der Waals surface area contributed by atoms with Crippen molar-refractivity contribution in [2.45, 2.75) is 24.3 Å². The zero-order chi connectivity index (χ0) is 18.7. The quantitative estimate of drug-likeness (QED) is 0.778. The highest BCUT2D eigenvalue weighted by atomic mass is 35.5. The van der Waals surface area contributed by atoms with E-state index < -0.39 is 0 Å². The summed E-state index contributed by atoms with van der Waals surface area (Å²) in [6.45, 7) is 9.00. The Morgan fingerprint density at radius 2 is 1.92 bits per heavy atom. The van der Waals surface area contributed by atoms with Crippen LogP contribution in [0, 0.1) is 0 Å². The average Bonchev–Trinajstić information content (AvgIpc) is 3.02. The molecular formula is C18H25ClN5OS+. The van der Waals surface area contributed by atoms with Crippen molar-refractivity contribution in [1.29, 1.82) is 0 Å². The maximum Gasteiger partial charge on any atom is 0.236 e. The minimum atomic E-state index is -0.181. The van der Waals surface area contributed by atoms with Gasteiger partial charge < -0.3 is 14.4 Å². The van der Waals surface area contributed by atoms with Crippen LogP contribution in [0.4, 0.5) is 0 Å². The van der Waals surface area contributed by atoms with Gasteiger partial charge in [-0.2, -0.15) is 0 Å². The third-order valence-electron chi connectivity index (χ3n) is 4.85. The Hall–Kier alpha value is -1.57. The van der Waals surface area contributed by atoms with Crippen molar-refractivity contribution in [3.63, 3.8) is 0 Å².